The summed E-state index contributed by atoms with van der Waals surface area (Å²) in [6.45, 7) is 6.35. The summed E-state index contributed by atoms with van der Waals surface area (Å²) in [5.41, 5.74) is -3.05. The maximum Gasteiger partial charge on any atom is 0.416 e. The Hall–Kier alpha value is -3.42. The number of sulfone groups is 1. The lowest BCUT2D eigenvalue weighted by Gasteiger charge is -2.25. The van der Waals surface area contributed by atoms with E-state index in [1.807, 2.05) is 0 Å². The van der Waals surface area contributed by atoms with Crippen molar-refractivity contribution in [1.82, 2.24) is 19.2 Å². The first-order valence-corrected chi connectivity index (χ1v) is 11.6. The van der Waals surface area contributed by atoms with Gasteiger partial charge in [-0.2, -0.15) is 17.9 Å². The van der Waals surface area contributed by atoms with Crippen LogP contribution < -0.4 is 10.6 Å². The number of fused-ring (bicyclic) bond motifs is 1. The van der Waals surface area contributed by atoms with Gasteiger partial charge < -0.3 is 4.74 Å². The van der Waals surface area contributed by atoms with Crippen LogP contribution >= 0.6 is 0 Å². The van der Waals surface area contributed by atoms with E-state index in [1.54, 1.807) is 20.8 Å². The van der Waals surface area contributed by atoms with Gasteiger partial charge in [-0.25, -0.2) is 27.4 Å². The number of anilines is 1. The number of aromatic nitrogens is 4. The van der Waals surface area contributed by atoms with Crippen molar-refractivity contribution in [1.29, 1.82) is 0 Å². The van der Waals surface area contributed by atoms with E-state index in [1.165, 1.54) is 14.0 Å². The molecule has 0 fully saturated rings. The van der Waals surface area contributed by atoms with E-state index in [4.69, 9.17) is 4.74 Å². The number of rotatable bonds is 4. The van der Waals surface area contributed by atoms with Crippen LogP contribution in [0.3, 0.4) is 0 Å². The van der Waals surface area contributed by atoms with Gasteiger partial charge in [0.05, 0.1) is 23.2 Å². The van der Waals surface area contributed by atoms with Gasteiger partial charge in [-0.15, -0.1) is 5.10 Å². The number of nitrogens with zero attached hydrogens (tertiary/aromatic N) is 5. The number of ether oxygens (including phenoxy) is 1. The van der Waals surface area contributed by atoms with Crippen LogP contribution in [-0.4, -0.2) is 52.1 Å². The third-order valence-electron chi connectivity index (χ3n) is 4.64. The van der Waals surface area contributed by atoms with Crippen molar-refractivity contribution in [3.8, 4) is 5.82 Å². The number of halogens is 3. The fraction of sp³-hybridized carbons (Fsp3) is 0.400. The topological polar surface area (TPSA) is 116 Å². The average molecular weight is 501 g/mol. The summed E-state index contributed by atoms with van der Waals surface area (Å²) in [5.74, 6) is -0.785. The first-order chi connectivity index (χ1) is 15.5. The highest BCUT2D eigenvalue weighted by molar-refractivity contribution is 7.91. The van der Waals surface area contributed by atoms with Crippen molar-refractivity contribution < 1.29 is 31.1 Å². The van der Waals surface area contributed by atoms with Gasteiger partial charge in [0.15, 0.2) is 21.3 Å². The van der Waals surface area contributed by atoms with Crippen molar-refractivity contribution >= 4 is 27.3 Å². The monoisotopic (exact) mass is 501 g/mol. The molecule has 3 heterocycles. The second-order valence-electron chi connectivity index (χ2n) is 8.29. The van der Waals surface area contributed by atoms with Gasteiger partial charge in [0, 0.05) is 13.2 Å². The number of hydrogen-bond donors (Lipinski definition) is 0. The number of amides is 1. The van der Waals surface area contributed by atoms with Crippen molar-refractivity contribution in [2.24, 2.45) is 0 Å². The van der Waals surface area contributed by atoms with Crippen LogP contribution in [-0.2, 0) is 20.8 Å². The first kappa shape index (κ1) is 25.2. The van der Waals surface area contributed by atoms with E-state index in [0.29, 0.717) is 16.8 Å². The Labute approximate surface area is 192 Å². The van der Waals surface area contributed by atoms with Crippen LogP contribution in [0.1, 0.15) is 33.3 Å². The Morgan fingerprint density at radius 1 is 1.21 bits per heavy atom. The molecule has 0 aromatic carbocycles. The molecule has 0 aliphatic rings. The van der Waals surface area contributed by atoms with Crippen LogP contribution in [0.2, 0.25) is 0 Å². The fourth-order valence-corrected chi connectivity index (χ4v) is 3.91. The minimum absolute atomic E-state index is 0.0567. The van der Waals surface area contributed by atoms with Gasteiger partial charge in [-0.3, -0.25) is 4.90 Å². The van der Waals surface area contributed by atoms with Crippen molar-refractivity contribution in [2.75, 3.05) is 17.7 Å². The molecule has 0 saturated carbocycles. The largest absolute Gasteiger partial charge is 0.443 e. The summed E-state index contributed by atoms with van der Waals surface area (Å²) in [5, 5.41) is 3.86. The average Bonchev–Trinajstić information content (AvgIpc) is 3.06. The van der Waals surface area contributed by atoms with Gasteiger partial charge in [0.2, 0.25) is 0 Å². The molecule has 3 rings (SSSR count). The molecule has 0 unspecified atom stereocenters. The van der Waals surface area contributed by atoms with Gasteiger partial charge in [0.25, 0.3) is 0 Å². The minimum atomic E-state index is -4.66. The number of carbonyl (C=O) groups is 1. The van der Waals surface area contributed by atoms with E-state index < -0.39 is 49.7 Å². The molecule has 0 aliphatic carbocycles. The van der Waals surface area contributed by atoms with Gasteiger partial charge in [-0.1, -0.05) is 6.92 Å². The highest BCUT2D eigenvalue weighted by atomic mass is 32.2. The molecule has 184 valence electrons. The lowest BCUT2D eigenvalue weighted by molar-refractivity contribution is -0.137. The van der Waals surface area contributed by atoms with Gasteiger partial charge in [-0.05, 0) is 39.0 Å². The molecule has 10 nitrogen and oxygen atoms in total. The lowest BCUT2D eigenvalue weighted by atomic mass is 10.2. The summed E-state index contributed by atoms with van der Waals surface area (Å²) in [7, 11) is -2.66. The standard InChI is InChI=1S/C20H22F3N5O5S/c1-6-34(31,32)14-10-13(26(5)18(30)33-19(2,3)4)11-24-16(14)28-17(29)27-8-7-12(20(21,22)23)9-15(27)25-28/h7-11H,6H2,1-5H3. The zero-order valence-electron chi connectivity index (χ0n) is 18.9. The molecule has 34 heavy (non-hydrogen) atoms. The zero-order valence-corrected chi connectivity index (χ0v) is 19.7. The third kappa shape index (κ3) is 4.90. The molecule has 0 spiro atoms. The highest BCUT2D eigenvalue weighted by Crippen LogP contribution is 2.30. The number of carbonyl (C=O) groups excluding carboxylic acids is 1. The Morgan fingerprint density at radius 3 is 2.41 bits per heavy atom. The molecule has 0 N–H and O–H groups in total. The van der Waals surface area contributed by atoms with Crippen LogP contribution in [0.25, 0.3) is 11.5 Å². The molecule has 0 saturated heterocycles. The molecule has 1 amide bonds. The fourth-order valence-electron chi connectivity index (χ4n) is 2.88. The zero-order chi connectivity index (χ0) is 25.6. The molecule has 0 aliphatic heterocycles. The van der Waals surface area contributed by atoms with Crippen molar-refractivity contribution in [3.63, 3.8) is 0 Å². The highest BCUT2D eigenvalue weighted by Gasteiger charge is 2.32. The van der Waals surface area contributed by atoms with Crippen molar-refractivity contribution in [2.45, 2.75) is 44.4 Å². The maximum absolute atomic E-state index is 13.0. The van der Waals surface area contributed by atoms with E-state index in [2.05, 4.69) is 10.1 Å². The van der Waals surface area contributed by atoms with Crippen LogP contribution in [0.4, 0.5) is 23.7 Å². The summed E-state index contributed by atoms with van der Waals surface area (Å²) >= 11 is 0. The molecule has 3 aromatic heterocycles. The van der Waals surface area contributed by atoms with E-state index in [9.17, 15) is 31.2 Å². The molecule has 3 aromatic rings. The molecular formula is C20H22F3N5O5S. The molecule has 0 bridgehead atoms. The Kier molecular flexibility index (Phi) is 6.24. The molecule has 14 heteroatoms. The molecular weight excluding hydrogens is 479 g/mol. The normalized spacial score (nSPS) is 12.7. The SMILES string of the molecule is CCS(=O)(=O)c1cc(N(C)C(=O)OC(C)(C)C)cnc1-n1nc2cc(C(F)(F)F)ccn2c1=O. The van der Waals surface area contributed by atoms with Crippen LogP contribution in [0.15, 0.2) is 40.3 Å². The number of hydrogen-bond acceptors (Lipinski definition) is 7. The Balaban J connectivity index is 2.19. The number of pyridine rings is 2. The minimum Gasteiger partial charge on any atom is -0.443 e. The van der Waals surface area contributed by atoms with Crippen LogP contribution in [0.5, 0.6) is 0 Å². The van der Waals surface area contributed by atoms with E-state index in [-0.39, 0.29) is 17.1 Å². The summed E-state index contributed by atoms with van der Waals surface area (Å²) in [6, 6.07) is 2.50. The van der Waals surface area contributed by atoms with Crippen molar-refractivity contribution in [3.05, 3.63) is 46.6 Å². The second-order valence-corrected chi connectivity index (χ2v) is 10.5. The summed E-state index contributed by atoms with van der Waals surface area (Å²) in [6.07, 6.45) is -3.41. The Morgan fingerprint density at radius 2 is 1.85 bits per heavy atom. The number of alkyl halides is 3. The molecule has 0 atom stereocenters. The smallest absolute Gasteiger partial charge is 0.416 e. The summed E-state index contributed by atoms with van der Waals surface area (Å²) in [4.78, 5) is 29.8. The van der Waals surface area contributed by atoms with E-state index in [0.717, 1.165) is 27.8 Å². The lowest BCUT2D eigenvalue weighted by Crippen LogP contribution is -2.34. The van der Waals surface area contributed by atoms with E-state index >= 15 is 0 Å². The van der Waals surface area contributed by atoms with Crippen LogP contribution in [0, 0.1) is 0 Å². The quantitative estimate of drug-likeness (QED) is 0.540. The molecule has 0 radical (unpaired) electrons. The predicted octanol–water partition coefficient (Wildman–Crippen LogP) is 3.06. The Bertz CT molecular complexity index is 1420. The first-order valence-electron chi connectivity index (χ1n) is 9.93. The predicted molar refractivity (Wildman–Crippen MR) is 116 cm³/mol. The third-order valence-corrected chi connectivity index (χ3v) is 6.37. The second kappa shape index (κ2) is 8.42. The maximum atomic E-state index is 13.0. The van der Waals surface area contributed by atoms with Gasteiger partial charge in [0.1, 0.15) is 10.5 Å². The van der Waals surface area contributed by atoms with Gasteiger partial charge >= 0.3 is 18.0 Å². The summed E-state index contributed by atoms with van der Waals surface area (Å²) < 4.78 is 71.5.